The Hall–Kier alpha value is -2.02. The molecule has 2 aromatic carbocycles. The minimum Gasteiger partial charge on any atom is -0.469 e. The summed E-state index contributed by atoms with van der Waals surface area (Å²) in [6.07, 6.45) is 0.280. The van der Waals surface area contributed by atoms with E-state index in [1.807, 2.05) is 0 Å². The first-order valence-corrected chi connectivity index (χ1v) is 9.90. The normalized spacial score (nSPS) is 11.7. The van der Waals surface area contributed by atoms with Gasteiger partial charge in [-0.1, -0.05) is 23.2 Å². The number of methoxy groups -OCH3 is 1. The van der Waals surface area contributed by atoms with Gasteiger partial charge in [0.25, 0.3) is 10.0 Å². The topological polar surface area (TPSA) is 65.4 Å². The van der Waals surface area contributed by atoms with Gasteiger partial charge in [0, 0.05) is 21.1 Å². The van der Waals surface area contributed by atoms with E-state index in [-0.39, 0.29) is 17.7 Å². The number of hydrogen-bond acceptors (Lipinski definition) is 4. The van der Waals surface area contributed by atoms with Gasteiger partial charge in [0.1, 0.15) is 0 Å². The van der Waals surface area contributed by atoms with Gasteiger partial charge in [-0.15, -0.1) is 0 Å². The van der Waals surface area contributed by atoms with Crippen LogP contribution in [-0.2, 0) is 26.0 Å². The molecule has 0 aliphatic rings. The number of esters is 1. The fourth-order valence-corrected chi connectivity index (χ4v) is 4.60. The molecule has 0 atom stereocenters. The molecule has 0 saturated carbocycles. The maximum absolute atomic E-state index is 13.2. The number of aromatic nitrogens is 1. The summed E-state index contributed by atoms with van der Waals surface area (Å²) in [6, 6.07) is 12.6. The summed E-state index contributed by atoms with van der Waals surface area (Å²) < 4.78 is 32.3. The minimum atomic E-state index is -3.87. The third-order valence-corrected chi connectivity index (χ3v) is 6.22. The first-order chi connectivity index (χ1) is 12.3. The lowest BCUT2D eigenvalue weighted by molar-refractivity contribution is -0.140. The van der Waals surface area contributed by atoms with Crippen molar-refractivity contribution in [3.05, 3.63) is 64.3 Å². The van der Waals surface area contributed by atoms with Gasteiger partial charge in [-0.2, -0.15) is 0 Å². The number of nitrogens with zero attached hydrogens (tertiary/aromatic N) is 1. The van der Waals surface area contributed by atoms with Crippen LogP contribution in [0.4, 0.5) is 0 Å². The number of aryl methyl sites for hydroxylation is 1. The Morgan fingerprint density at radius 3 is 2.35 bits per heavy atom. The zero-order chi connectivity index (χ0) is 18.9. The summed E-state index contributed by atoms with van der Waals surface area (Å²) in [5.74, 6) is -0.413. The Bertz CT molecular complexity index is 1070. The molecule has 0 amide bonds. The van der Waals surface area contributed by atoms with E-state index in [4.69, 9.17) is 23.2 Å². The number of carbonyl (C=O) groups is 1. The Labute approximate surface area is 161 Å². The molecule has 0 bridgehead atoms. The van der Waals surface area contributed by atoms with E-state index < -0.39 is 16.0 Å². The van der Waals surface area contributed by atoms with E-state index in [1.165, 1.54) is 35.3 Å². The van der Waals surface area contributed by atoms with Crippen LogP contribution in [0.15, 0.2) is 53.4 Å². The van der Waals surface area contributed by atoms with E-state index in [1.54, 1.807) is 24.3 Å². The SMILES string of the molecule is COC(=O)CCc1cc2cc(Cl)ccc2n1S(=O)(=O)c1ccc(Cl)cc1. The predicted octanol–water partition coefficient (Wildman–Crippen LogP) is 4.29. The summed E-state index contributed by atoms with van der Waals surface area (Å²) in [4.78, 5) is 11.6. The molecule has 1 heterocycles. The van der Waals surface area contributed by atoms with Crippen molar-refractivity contribution in [3.8, 4) is 0 Å². The molecular formula is C18H15Cl2NO4S. The number of benzene rings is 2. The van der Waals surface area contributed by atoms with Crippen LogP contribution in [-0.4, -0.2) is 25.5 Å². The van der Waals surface area contributed by atoms with Crippen molar-refractivity contribution < 1.29 is 17.9 Å². The predicted molar refractivity (Wildman–Crippen MR) is 101 cm³/mol. The highest BCUT2D eigenvalue weighted by Crippen LogP contribution is 2.29. The standard InChI is InChI=1S/C18H15Cl2NO4S/c1-25-18(22)9-5-15-11-12-10-14(20)4-8-17(12)21(15)26(23,24)16-6-2-13(19)3-7-16/h2-4,6-8,10-11H,5,9H2,1H3. The number of fused-ring (bicyclic) bond motifs is 1. The number of ether oxygens (including phenoxy) is 1. The van der Waals surface area contributed by atoms with Crippen molar-refractivity contribution in [3.63, 3.8) is 0 Å². The van der Waals surface area contributed by atoms with Crippen LogP contribution < -0.4 is 0 Å². The summed E-state index contributed by atoms with van der Waals surface area (Å²) >= 11 is 11.9. The average molecular weight is 412 g/mol. The van der Waals surface area contributed by atoms with Crippen LogP contribution in [0.1, 0.15) is 12.1 Å². The highest BCUT2D eigenvalue weighted by Gasteiger charge is 2.23. The summed E-state index contributed by atoms with van der Waals surface area (Å²) in [5, 5.41) is 1.62. The van der Waals surface area contributed by atoms with Crippen molar-refractivity contribution in [1.29, 1.82) is 0 Å². The molecule has 0 fully saturated rings. The molecule has 0 N–H and O–H groups in total. The van der Waals surface area contributed by atoms with Gasteiger partial charge in [0.05, 0.1) is 23.9 Å². The third kappa shape index (κ3) is 3.58. The Kier molecular flexibility index (Phi) is 5.27. The van der Waals surface area contributed by atoms with Gasteiger partial charge >= 0.3 is 5.97 Å². The number of rotatable bonds is 5. The lowest BCUT2D eigenvalue weighted by atomic mass is 10.2. The van der Waals surface area contributed by atoms with Gasteiger partial charge in [-0.25, -0.2) is 12.4 Å². The Morgan fingerprint density at radius 2 is 1.69 bits per heavy atom. The summed E-state index contributed by atoms with van der Waals surface area (Å²) in [7, 11) is -2.58. The van der Waals surface area contributed by atoms with Gasteiger partial charge in [0.2, 0.25) is 0 Å². The first kappa shape index (κ1) is 18.8. The van der Waals surface area contributed by atoms with Gasteiger partial charge in [-0.05, 0) is 55.0 Å². The molecule has 5 nitrogen and oxygen atoms in total. The molecule has 0 radical (unpaired) electrons. The van der Waals surface area contributed by atoms with Crippen molar-refractivity contribution in [2.75, 3.05) is 7.11 Å². The molecule has 3 rings (SSSR count). The molecule has 0 aliphatic carbocycles. The molecule has 136 valence electrons. The highest BCUT2D eigenvalue weighted by molar-refractivity contribution is 7.90. The first-order valence-electron chi connectivity index (χ1n) is 7.71. The van der Waals surface area contributed by atoms with Crippen molar-refractivity contribution in [2.45, 2.75) is 17.7 Å². The van der Waals surface area contributed by atoms with E-state index >= 15 is 0 Å². The lowest BCUT2D eigenvalue weighted by Gasteiger charge is -2.12. The molecule has 0 unspecified atom stereocenters. The Balaban J connectivity index is 2.18. The molecule has 26 heavy (non-hydrogen) atoms. The van der Waals surface area contributed by atoms with Crippen LogP contribution in [0, 0.1) is 0 Å². The second kappa shape index (κ2) is 7.31. The van der Waals surface area contributed by atoms with E-state index in [2.05, 4.69) is 4.74 Å². The van der Waals surface area contributed by atoms with Gasteiger partial charge in [-0.3, -0.25) is 4.79 Å². The van der Waals surface area contributed by atoms with Crippen LogP contribution in [0.2, 0.25) is 10.0 Å². The largest absolute Gasteiger partial charge is 0.469 e. The van der Waals surface area contributed by atoms with Crippen LogP contribution in [0.3, 0.4) is 0 Å². The fraction of sp³-hybridized carbons (Fsp3) is 0.167. The van der Waals surface area contributed by atoms with Gasteiger partial charge < -0.3 is 4.74 Å². The van der Waals surface area contributed by atoms with E-state index in [9.17, 15) is 13.2 Å². The van der Waals surface area contributed by atoms with E-state index in [0.717, 1.165) is 0 Å². The van der Waals surface area contributed by atoms with Crippen LogP contribution >= 0.6 is 23.2 Å². The van der Waals surface area contributed by atoms with Crippen LogP contribution in [0.25, 0.3) is 10.9 Å². The smallest absolute Gasteiger partial charge is 0.305 e. The maximum Gasteiger partial charge on any atom is 0.305 e. The summed E-state index contributed by atoms with van der Waals surface area (Å²) in [5.41, 5.74) is 0.965. The molecule has 1 aromatic heterocycles. The highest BCUT2D eigenvalue weighted by atomic mass is 35.5. The zero-order valence-corrected chi connectivity index (χ0v) is 16.1. The minimum absolute atomic E-state index is 0.0662. The molecule has 0 spiro atoms. The maximum atomic E-state index is 13.2. The number of hydrogen-bond donors (Lipinski definition) is 0. The molecule has 0 aliphatic heterocycles. The van der Waals surface area contributed by atoms with Crippen molar-refractivity contribution >= 4 is 50.1 Å². The summed E-state index contributed by atoms with van der Waals surface area (Å²) in [6.45, 7) is 0. The monoisotopic (exact) mass is 411 g/mol. The quantitative estimate of drug-likeness (QED) is 0.587. The van der Waals surface area contributed by atoms with E-state index in [0.29, 0.717) is 26.6 Å². The van der Waals surface area contributed by atoms with Crippen LogP contribution in [0.5, 0.6) is 0 Å². The third-order valence-electron chi connectivity index (χ3n) is 3.96. The molecule has 0 saturated heterocycles. The second-order valence-electron chi connectivity index (χ2n) is 5.64. The fourth-order valence-electron chi connectivity index (χ4n) is 2.72. The zero-order valence-electron chi connectivity index (χ0n) is 13.8. The molecular weight excluding hydrogens is 397 g/mol. The van der Waals surface area contributed by atoms with Gasteiger partial charge in [0.15, 0.2) is 0 Å². The lowest BCUT2D eigenvalue weighted by Crippen LogP contribution is -2.16. The number of carbonyl (C=O) groups excluding carboxylic acids is 1. The Morgan fingerprint density at radius 1 is 1.04 bits per heavy atom. The van der Waals surface area contributed by atoms with Crippen molar-refractivity contribution in [1.82, 2.24) is 3.97 Å². The second-order valence-corrected chi connectivity index (χ2v) is 8.30. The number of halogens is 2. The molecule has 3 aromatic rings. The van der Waals surface area contributed by atoms with Crippen molar-refractivity contribution in [2.24, 2.45) is 0 Å². The molecule has 8 heteroatoms. The average Bonchev–Trinajstić information content (AvgIpc) is 2.98.